The summed E-state index contributed by atoms with van der Waals surface area (Å²) in [6, 6.07) is 43.9. The molecule has 6 aromatic carbocycles. The summed E-state index contributed by atoms with van der Waals surface area (Å²) >= 11 is 4.07. The van der Waals surface area contributed by atoms with Crippen LogP contribution in [0, 0.1) is 13.8 Å². The average molecular weight is 819 g/mol. The van der Waals surface area contributed by atoms with Gasteiger partial charge in [0.25, 0.3) is 6.71 Å². The van der Waals surface area contributed by atoms with Gasteiger partial charge >= 0.3 is 0 Å². The molecule has 4 heterocycles. The molecule has 298 valence electrons. The van der Waals surface area contributed by atoms with Crippen molar-refractivity contribution in [3.63, 3.8) is 0 Å². The highest BCUT2D eigenvalue weighted by atomic mass is 32.2. The van der Waals surface area contributed by atoms with Gasteiger partial charge in [0.05, 0.1) is 9.90 Å². The van der Waals surface area contributed by atoms with Crippen LogP contribution in [0.25, 0.3) is 21.9 Å². The average Bonchev–Trinajstić information content (AvgIpc) is 3.80. The Balaban J connectivity index is 1.19. The molecule has 8 aromatic rings. The van der Waals surface area contributed by atoms with Gasteiger partial charge in [0.2, 0.25) is 0 Å². The van der Waals surface area contributed by atoms with Crippen LogP contribution in [-0.2, 0) is 23.7 Å². The zero-order valence-electron chi connectivity index (χ0n) is 36.0. The molecule has 0 fully saturated rings. The van der Waals surface area contributed by atoms with Crippen LogP contribution in [0.2, 0.25) is 0 Å². The van der Waals surface area contributed by atoms with Gasteiger partial charge in [0.15, 0.2) is 5.58 Å². The smallest absolute Gasteiger partial charge is 0.251 e. The summed E-state index contributed by atoms with van der Waals surface area (Å²) in [7, 11) is 0. The SMILES string of the molecule is Cc1cc2c3c(c1)N(c1cccc4c1oc1c(C)cccc14)c1cc(N(c4ccc(C(C)(C)C)cc4)c4ccc(C(C)(C)C)cc4)ccc1B3c1c(sc3c1CCCC3)S2. The fourth-order valence-corrected chi connectivity index (χ4v) is 13.1. The van der Waals surface area contributed by atoms with Crippen LogP contribution in [0.3, 0.4) is 0 Å². The van der Waals surface area contributed by atoms with E-state index < -0.39 is 0 Å². The van der Waals surface area contributed by atoms with Crippen molar-refractivity contribution in [3.05, 3.63) is 148 Å². The summed E-state index contributed by atoms with van der Waals surface area (Å²) in [6.07, 6.45) is 4.93. The maximum absolute atomic E-state index is 6.98. The zero-order chi connectivity index (χ0) is 41.2. The van der Waals surface area contributed by atoms with Crippen molar-refractivity contribution in [2.45, 2.75) is 101 Å². The van der Waals surface area contributed by atoms with Gasteiger partial charge in [-0.1, -0.05) is 114 Å². The first kappa shape index (κ1) is 37.8. The largest absolute Gasteiger partial charge is 0.454 e. The van der Waals surface area contributed by atoms with E-state index in [9.17, 15) is 0 Å². The lowest BCUT2D eigenvalue weighted by Gasteiger charge is -2.41. The number of benzene rings is 6. The Hall–Kier alpha value is -5.17. The number of anilines is 6. The van der Waals surface area contributed by atoms with Gasteiger partial charge < -0.3 is 14.2 Å². The number of furan rings is 1. The lowest BCUT2D eigenvalue weighted by molar-refractivity contribution is 0.590. The van der Waals surface area contributed by atoms with Crippen LogP contribution in [0.15, 0.2) is 129 Å². The van der Waals surface area contributed by atoms with Gasteiger partial charge in [-0.25, -0.2) is 0 Å². The number of hydrogen-bond acceptors (Lipinski definition) is 5. The highest BCUT2D eigenvalue weighted by molar-refractivity contribution is 8.02. The predicted octanol–water partition coefficient (Wildman–Crippen LogP) is 14.0. The molecular formula is C54H51BN2OS2. The second-order valence-corrected chi connectivity index (χ2v) is 21.8. The lowest BCUT2D eigenvalue weighted by Crippen LogP contribution is -2.60. The van der Waals surface area contributed by atoms with Gasteiger partial charge in [0, 0.05) is 49.0 Å². The topological polar surface area (TPSA) is 19.6 Å². The number of para-hydroxylation sites is 2. The van der Waals surface area contributed by atoms with Crippen LogP contribution in [0.4, 0.5) is 34.1 Å². The normalized spacial score (nSPS) is 14.6. The summed E-state index contributed by atoms with van der Waals surface area (Å²) in [5.74, 6) is 0. The maximum Gasteiger partial charge on any atom is 0.251 e. The second-order valence-electron chi connectivity index (χ2n) is 19.4. The van der Waals surface area contributed by atoms with Gasteiger partial charge in [0.1, 0.15) is 5.58 Å². The highest BCUT2D eigenvalue weighted by Gasteiger charge is 2.44. The van der Waals surface area contributed by atoms with E-state index in [4.69, 9.17) is 4.42 Å². The molecule has 2 aliphatic heterocycles. The Morgan fingerprint density at radius 3 is 1.93 bits per heavy atom. The molecule has 0 unspecified atom stereocenters. The Bertz CT molecular complexity index is 2960. The number of fused-ring (bicyclic) bond motifs is 9. The molecule has 0 saturated carbocycles. The van der Waals surface area contributed by atoms with E-state index in [0.717, 1.165) is 50.3 Å². The van der Waals surface area contributed by atoms with Crippen molar-refractivity contribution in [1.82, 2.24) is 0 Å². The molecule has 0 saturated heterocycles. The molecule has 3 aliphatic rings. The zero-order valence-corrected chi connectivity index (χ0v) is 37.6. The Labute approximate surface area is 363 Å². The first-order valence-corrected chi connectivity index (χ1v) is 23.3. The van der Waals surface area contributed by atoms with E-state index in [1.165, 1.54) is 73.8 Å². The molecule has 0 amide bonds. The molecule has 0 atom stereocenters. The monoisotopic (exact) mass is 818 g/mol. The second kappa shape index (κ2) is 13.7. The summed E-state index contributed by atoms with van der Waals surface area (Å²) in [6.45, 7) is 18.3. The van der Waals surface area contributed by atoms with Crippen LogP contribution >= 0.6 is 23.1 Å². The van der Waals surface area contributed by atoms with Crippen LogP contribution < -0.4 is 26.2 Å². The minimum atomic E-state index is 0.0581. The van der Waals surface area contributed by atoms with E-state index >= 15 is 0 Å². The molecular weight excluding hydrogens is 768 g/mol. The first-order valence-electron chi connectivity index (χ1n) is 21.7. The standard InChI is InChI=1S/C54H51BN2OS2/c1-32-29-45-49-47(30-32)60-52-48(41-14-9-10-18-46(41)59-52)55(49)42-28-27-38(31-44(42)57(45)43-17-12-16-40-39-15-11-13-33(2)50(39)58-51(40)43)56(36-23-19-34(20-24-36)53(3,4)5)37-25-21-35(22-26-37)54(6,7)8/h11-13,15-17,19-31H,9-10,14,18H2,1-8H3. The van der Waals surface area contributed by atoms with Gasteiger partial charge in [-0.15, -0.1) is 11.3 Å². The molecule has 1 aliphatic carbocycles. The van der Waals surface area contributed by atoms with Crippen molar-refractivity contribution >= 4 is 102 Å². The van der Waals surface area contributed by atoms with Gasteiger partial charge in [-0.3, -0.25) is 0 Å². The van der Waals surface area contributed by atoms with Crippen molar-refractivity contribution < 1.29 is 4.42 Å². The predicted molar refractivity (Wildman–Crippen MR) is 260 cm³/mol. The van der Waals surface area contributed by atoms with E-state index in [2.05, 4.69) is 192 Å². The molecule has 0 radical (unpaired) electrons. The minimum absolute atomic E-state index is 0.0581. The molecule has 11 rings (SSSR count). The van der Waals surface area contributed by atoms with E-state index in [1.54, 1.807) is 15.9 Å². The summed E-state index contributed by atoms with van der Waals surface area (Å²) < 4.78 is 8.48. The van der Waals surface area contributed by atoms with E-state index in [0.29, 0.717) is 0 Å². The molecule has 60 heavy (non-hydrogen) atoms. The number of nitrogens with zero attached hydrogens (tertiary/aromatic N) is 2. The quantitative estimate of drug-likeness (QED) is 0.165. The van der Waals surface area contributed by atoms with Gasteiger partial charge in [-0.05, 0) is 149 Å². The van der Waals surface area contributed by atoms with Crippen molar-refractivity contribution in [2.24, 2.45) is 0 Å². The van der Waals surface area contributed by atoms with E-state index in [-0.39, 0.29) is 17.5 Å². The Morgan fingerprint density at radius 1 is 0.617 bits per heavy atom. The van der Waals surface area contributed by atoms with Crippen molar-refractivity contribution in [3.8, 4) is 0 Å². The maximum atomic E-state index is 6.98. The number of aryl methyl sites for hydroxylation is 3. The van der Waals surface area contributed by atoms with Crippen molar-refractivity contribution in [1.29, 1.82) is 0 Å². The highest BCUT2D eigenvalue weighted by Crippen LogP contribution is 2.49. The lowest BCUT2D eigenvalue weighted by atomic mass is 9.34. The first-order chi connectivity index (χ1) is 28.8. The molecule has 2 aromatic heterocycles. The Kier molecular flexibility index (Phi) is 8.62. The molecule has 0 N–H and O–H groups in total. The molecule has 0 spiro atoms. The van der Waals surface area contributed by atoms with Crippen molar-refractivity contribution in [2.75, 3.05) is 9.80 Å². The minimum Gasteiger partial charge on any atom is -0.454 e. The van der Waals surface area contributed by atoms with Crippen LogP contribution in [0.5, 0.6) is 0 Å². The summed E-state index contributed by atoms with van der Waals surface area (Å²) in [5, 5.41) is 2.31. The molecule has 6 heteroatoms. The van der Waals surface area contributed by atoms with E-state index in [1.807, 2.05) is 11.8 Å². The third kappa shape index (κ3) is 5.92. The summed E-state index contributed by atoms with van der Waals surface area (Å²) in [4.78, 5) is 7.99. The van der Waals surface area contributed by atoms with Crippen LogP contribution in [-0.4, -0.2) is 6.71 Å². The number of thiophene rings is 1. The summed E-state index contributed by atoms with van der Waals surface area (Å²) in [5.41, 5.74) is 20.0. The fourth-order valence-electron chi connectivity index (χ4n) is 10.1. The molecule has 3 nitrogen and oxygen atoms in total. The third-order valence-corrected chi connectivity index (χ3v) is 15.8. The molecule has 0 bridgehead atoms. The fraction of sp³-hybridized carbons (Fsp3) is 0.259. The number of hydrogen-bond donors (Lipinski definition) is 0. The third-order valence-electron chi connectivity index (χ3n) is 13.2. The Morgan fingerprint density at radius 2 is 1.25 bits per heavy atom. The number of rotatable bonds is 4. The van der Waals surface area contributed by atoms with Gasteiger partial charge in [-0.2, -0.15) is 0 Å². The van der Waals surface area contributed by atoms with Crippen LogP contribution in [0.1, 0.15) is 87.1 Å².